The van der Waals surface area contributed by atoms with Crippen molar-refractivity contribution in [3.05, 3.63) is 58.4 Å². The van der Waals surface area contributed by atoms with Crippen molar-refractivity contribution in [1.29, 1.82) is 0 Å². The average molecular weight is 534 g/mol. The molecule has 36 heavy (non-hydrogen) atoms. The quantitative estimate of drug-likeness (QED) is 0.247. The zero-order valence-electron chi connectivity index (χ0n) is 21.3. The Morgan fingerprint density at radius 3 is 2.50 bits per heavy atom. The summed E-state index contributed by atoms with van der Waals surface area (Å²) in [5.74, 6) is 0.800. The Morgan fingerprint density at radius 1 is 1.03 bits per heavy atom. The number of ether oxygens (including phenoxy) is 1. The third-order valence-corrected chi connectivity index (χ3v) is 7.76. The monoisotopic (exact) mass is 533 g/mol. The van der Waals surface area contributed by atoms with Gasteiger partial charge in [0.2, 0.25) is 10.0 Å². The topological polar surface area (TPSA) is 90.3 Å². The summed E-state index contributed by atoms with van der Waals surface area (Å²) in [5.41, 5.74) is 2.61. The molecule has 3 aromatic rings. The van der Waals surface area contributed by atoms with Crippen molar-refractivity contribution in [3.63, 3.8) is 0 Å². The molecule has 0 saturated carbocycles. The molecule has 0 spiro atoms. The second-order valence-electron chi connectivity index (χ2n) is 9.07. The van der Waals surface area contributed by atoms with Gasteiger partial charge in [-0.1, -0.05) is 63.6 Å². The highest BCUT2D eigenvalue weighted by molar-refractivity contribution is 7.90. The lowest BCUT2D eigenvalue weighted by atomic mass is 10.1. The number of amides is 1. The highest BCUT2D eigenvalue weighted by Gasteiger charge is 2.18. The minimum atomic E-state index is -3.68. The predicted octanol–water partition coefficient (Wildman–Crippen LogP) is 6.26. The maximum absolute atomic E-state index is 12.7. The Balaban J connectivity index is 1.75. The number of hydrogen-bond acceptors (Lipinski definition) is 5. The standard InChI is InChI=1S/C27H36ClN3O4S/c1-4-6-8-9-15-35-23-13-11-22(24(28)18-23)19-31-20(3)29-25-14-12-21(17-26(25)31)27(32)30-36(33,34)16-10-7-5-2/h11-14,17-18H,4-10,15-16,19H2,1-3H3,(H,30,32). The summed E-state index contributed by atoms with van der Waals surface area (Å²) in [6, 6.07) is 10.7. The summed E-state index contributed by atoms with van der Waals surface area (Å²) in [5, 5.41) is 0.592. The number of carbonyl (C=O) groups excluding carboxylic acids is 1. The Labute approximate surface area is 219 Å². The van der Waals surface area contributed by atoms with Gasteiger partial charge < -0.3 is 9.30 Å². The van der Waals surface area contributed by atoms with Gasteiger partial charge in [-0.05, 0) is 55.7 Å². The van der Waals surface area contributed by atoms with E-state index in [1.165, 1.54) is 12.8 Å². The third-order valence-electron chi connectivity index (χ3n) is 6.09. The number of fused-ring (bicyclic) bond motifs is 1. The summed E-state index contributed by atoms with van der Waals surface area (Å²) in [7, 11) is -3.68. The van der Waals surface area contributed by atoms with Crippen LogP contribution >= 0.6 is 11.6 Å². The van der Waals surface area contributed by atoms with Crippen molar-refractivity contribution in [3.8, 4) is 5.75 Å². The molecule has 2 aromatic carbocycles. The lowest BCUT2D eigenvalue weighted by Crippen LogP contribution is -2.32. The van der Waals surface area contributed by atoms with Gasteiger partial charge in [0.1, 0.15) is 11.6 Å². The summed E-state index contributed by atoms with van der Waals surface area (Å²) in [4.78, 5) is 17.3. The fourth-order valence-corrected chi connectivity index (χ4v) is 5.33. The molecule has 0 fully saturated rings. The molecule has 0 aliphatic rings. The zero-order chi connectivity index (χ0) is 26.1. The summed E-state index contributed by atoms with van der Waals surface area (Å²) in [6.07, 6.45) is 6.79. The van der Waals surface area contributed by atoms with Gasteiger partial charge in [-0.3, -0.25) is 4.79 Å². The van der Waals surface area contributed by atoms with E-state index in [9.17, 15) is 13.2 Å². The Hall–Kier alpha value is -2.58. The number of aryl methyl sites for hydroxylation is 1. The number of hydrogen-bond donors (Lipinski definition) is 1. The van der Waals surface area contributed by atoms with E-state index >= 15 is 0 Å². The molecule has 7 nitrogen and oxygen atoms in total. The highest BCUT2D eigenvalue weighted by Crippen LogP contribution is 2.26. The molecule has 0 aliphatic carbocycles. The summed E-state index contributed by atoms with van der Waals surface area (Å²) in [6.45, 7) is 7.19. The van der Waals surface area contributed by atoms with Gasteiger partial charge in [0.25, 0.3) is 5.91 Å². The van der Waals surface area contributed by atoms with E-state index in [2.05, 4.69) is 16.6 Å². The first-order valence-corrected chi connectivity index (χ1v) is 14.7. The number of halogens is 1. The molecule has 1 amide bonds. The molecule has 0 saturated heterocycles. The molecule has 0 bridgehead atoms. The van der Waals surface area contributed by atoms with Crippen molar-refractivity contribution in [2.45, 2.75) is 72.3 Å². The van der Waals surface area contributed by atoms with Crippen molar-refractivity contribution in [2.75, 3.05) is 12.4 Å². The van der Waals surface area contributed by atoms with Crippen molar-refractivity contribution < 1.29 is 17.9 Å². The lowest BCUT2D eigenvalue weighted by Gasteiger charge is -2.12. The van der Waals surface area contributed by atoms with Crippen molar-refractivity contribution >= 4 is 38.6 Å². The van der Waals surface area contributed by atoms with Crippen LogP contribution in [0.1, 0.15) is 80.5 Å². The molecule has 0 aliphatic heterocycles. The van der Waals surface area contributed by atoms with Crippen LogP contribution < -0.4 is 9.46 Å². The summed E-state index contributed by atoms with van der Waals surface area (Å²) >= 11 is 6.57. The molecule has 1 N–H and O–H groups in total. The normalized spacial score (nSPS) is 11.7. The highest BCUT2D eigenvalue weighted by atomic mass is 35.5. The Bertz CT molecular complexity index is 1290. The van der Waals surface area contributed by atoms with Gasteiger partial charge in [0.15, 0.2) is 0 Å². The van der Waals surface area contributed by atoms with Gasteiger partial charge in [0, 0.05) is 10.6 Å². The number of carbonyl (C=O) groups is 1. The van der Waals surface area contributed by atoms with E-state index in [1.54, 1.807) is 18.2 Å². The van der Waals surface area contributed by atoms with Crippen molar-refractivity contribution in [2.24, 2.45) is 0 Å². The molecule has 0 unspecified atom stereocenters. The number of sulfonamides is 1. The van der Waals surface area contributed by atoms with E-state index in [0.29, 0.717) is 24.6 Å². The minimum Gasteiger partial charge on any atom is -0.494 e. The van der Waals surface area contributed by atoms with Gasteiger partial charge in [0.05, 0.1) is 29.9 Å². The van der Waals surface area contributed by atoms with Crippen LogP contribution in [0.4, 0.5) is 0 Å². The maximum Gasteiger partial charge on any atom is 0.264 e. The smallest absolute Gasteiger partial charge is 0.264 e. The van der Waals surface area contributed by atoms with Gasteiger partial charge in [-0.2, -0.15) is 0 Å². The van der Waals surface area contributed by atoms with Crippen LogP contribution in [0.25, 0.3) is 11.0 Å². The largest absolute Gasteiger partial charge is 0.494 e. The van der Waals surface area contributed by atoms with Crippen LogP contribution in [0.15, 0.2) is 36.4 Å². The van der Waals surface area contributed by atoms with Crippen LogP contribution in [0.2, 0.25) is 5.02 Å². The van der Waals surface area contributed by atoms with Crippen LogP contribution in [0, 0.1) is 6.92 Å². The SMILES string of the molecule is CCCCCCOc1ccc(Cn2c(C)nc3ccc(C(=O)NS(=O)(=O)CCCCC)cc32)c(Cl)c1. The first-order chi connectivity index (χ1) is 17.2. The lowest BCUT2D eigenvalue weighted by molar-refractivity contribution is 0.0981. The minimum absolute atomic E-state index is 0.0667. The molecule has 1 aromatic heterocycles. The summed E-state index contributed by atoms with van der Waals surface area (Å²) < 4.78 is 34.5. The van der Waals surface area contributed by atoms with E-state index < -0.39 is 15.9 Å². The van der Waals surface area contributed by atoms with E-state index in [1.807, 2.05) is 36.6 Å². The van der Waals surface area contributed by atoms with Crippen LogP contribution in [0.5, 0.6) is 5.75 Å². The number of rotatable bonds is 14. The van der Waals surface area contributed by atoms with Gasteiger partial charge in [-0.25, -0.2) is 18.1 Å². The van der Waals surface area contributed by atoms with Gasteiger partial charge >= 0.3 is 0 Å². The molecule has 1 heterocycles. The third kappa shape index (κ3) is 7.71. The first-order valence-electron chi connectivity index (χ1n) is 12.7. The molecule has 196 valence electrons. The molecule has 0 radical (unpaired) electrons. The fraction of sp³-hybridized carbons (Fsp3) is 0.481. The van der Waals surface area contributed by atoms with Gasteiger partial charge in [-0.15, -0.1) is 0 Å². The number of benzene rings is 2. The van der Waals surface area contributed by atoms with Crippen LogP contribution in [-0.4, -0.2) is 36.2 Å². The average Bonchev–Trinajstić information content (AvgIpc) is 3.14. The fourth-order valence-electron chi connectivity index (χ4n) is 4.01. The molecule has 3 rings (SSSR count). The molecule has 9 heteroatoms. The second-order valence-corrected chi connectivity index (χ2v) is 11.3. The van der Waals surface area contributed by atoms with Crippen molar-refractivity contribution in [1.82, 2.24) is 14.3 Å². The predicted molar refractivity (Wildman–Crippen MR) is 145 cm³/mol. The molecular weight excluding hydrogens is 498 g/mol. The van der Waals surface area contributed by atoms with E-state index in [0.717, 1.165) is 53.9 Å². The van der Waals surface area contributed by atoms with Crippen LogP contribution in [0.3, 0.4) is 0 Å². The molecular formula is C27H36ClN3O4S. The molecule has 0 atom stereocenters. The van der Waals surface area contributed by atoms with E-state index in [-0.39, 0.29) is 11.3 Å². The maximum atomic E-state index is 12.7. The van der Waals surface area contributed by atoms with E-state index in [4.69, 9.17) is 16.3 Å². The number of imidazole rings is 1. The zero-order valence-corrected chi connectivity index (χ0v) is 22.9. The first kappa shape index (κ1) is 28.0. The second kappa shape index (κ2) is 13.1. The number of nitrogens with one attached hydrogen (secondary N) is 1. The van der Waals surface area contributed by atoms with Crippen LogP contribution in [-0.2, 0) is 16.6 Å². The Kier molecular flexibility index (Phi) is 10.2. The Morgan fingerprint density at radius 2 is 1.78 bits per heavy atom. The number of aromatic nitrogens is 2. The number of unbranched alkanes of at least 4 members (excludes halogenated alkanes) is 5. The number of nitrogens with zero attached hydrogens (tertiary/aromatic N) is 2.